The smallest absolute Gasteiger partial charge is 0.358 e. The predicted octanol–water partition coefficient (Wildman–Crippen LogP) is 2.60. The van der Waals surface area contributed by atoms with Gasteiger partial charge in [0.05, 0.1) is 6.61 Å². The average molecular weight is 297 g/mol. The van der Waals surface area contributed by atoms with E-state index in [1.165, 1.54) is 17.8 Å². The monoisotopic (exact) mass is 297 g/mol. The number of thiazole rings is 1. The normalized spacial score (nSPS) is 16.1. The molecule has 20 heavy (non-hydrogen) atoms. The van der Waals surface area contributed by atoms with Gasteiger partial charge in [0, 0.05) is 18.4 Å². The van der Waals surface area contributed by atoms with Gasteiger partial charge in [-0.1, -0.05) is 19.3 Å². The van der Waals surface area contributed by atoms with E-state index in [0.717, 1.165) is 30.7 Å². The highest BCUT2D eigenvalue weighted by atomic mass is 32.1. The third-order valence-corrected chi connectivity index (χ3v) is 4.26. The maximum Gasteiger partial charge on any atom is 0.358 e. The fourth-order valence-corrected chi connectivity index (χ4v) is 3.08. The number of carbonyl (C=O) groups is 2. The number of carbonyl (C=O) groups excluding carboxylic acids is 2. The molecule has 1 saturated carbocycles. The molecule has 0 saturated heterocycles. The molecule has 110 valence electrons. The zero-order valence-electron chi connectivity index (χ0n) is 11.6. The molecule has 0 aromatic carbocycles. The molecule has 2 rings (SSSR count). The molecule has 0 N–H and O–H groups in total. The summed E-state index contributed by atoms with van der Waals surface area (Å²) in [5, 5.41) is 2.35. The van der Waals surface area contributed by atoms with Gasteiger partial charge in [-0.05, 0) is 12.8 Å². The summed E-state index contributed by atoms with van der Waals surface area (Å²) in [7, 11) is 1.57. The third kappa shape index (κ3) is 4.11. The highest BCUT2D eigenvalue weighted by Gasteiger charge is 2.22. The fourth-order valence-electron chi connectivity index (χ4n) is 2.35. The summed E-state index contributed by atoms with van der Waals surface area (Å²) >= 11 is 1.34. The van der Waals surface area contributed by atoms with Gasteiger partial charge in [0.1, 0.15) is 5.01 Å². The zero-order chi connectivity index (χ0) is 14.4. The Morgan fingerprint density at radius 1 is 1.35 bits per heavy atom. The predicted molar refractivity (Wildman–Crippen MR) is 74.7 cm³/mol. The van der Waals surface area contributed by atoms with Crippen LogP contribution in [-0.2, 0) is 20.9 Å². The van der Waals surface area contributed by atoms with E-state index >= 15 is 0 Å². The van der Waals surface area contributed by atoms with Crippen LogP contribution in [0.2, 0.25) is 0 Å². The minimum absolute atomic E-state index is 0.0328. The first-order valence-corrected chi connectivity index (χ1v) is 7.72. The molecule has 1 fully saturated rings. The number of ether oxygens (including phenoxy) is 2. The molecule has 0 atom stereocenters. The molecule has 1 aliphatic carbocycles. The molecule has 1 aromatic rings. The van der Waals surface area contributed by atoms with Crippen LogP contribution in [0.5, 0.6) is 0 Å². The lowest BCUT2D eigenvalue weighted by Crippen LogP contribution is -2.24. The number of aromatic nitrogens is 1. The molecule has 0 aliphatic heterocycles. The lowest BCUT2D eigenvalue weighted by atomic mass is 9.86. The molecule has 0 unspecified atom stereocenters. The first-order chi connectivity index (χ1) is 9.70. The second-order valence-electron chi connectivity index (χ2n) is 4.94. The molecular formula is C14H19NO4S. The maximum atomic E-state index is 11.9. The van der Waals surface area contributed by atoms with Crippen molar-refractivity contribution in [3.63, 3.8) is 0 Å². The van der Waals surface area contributed by atoms with E-state index in [9.17, 15) is 9.59 Å². The molecule has 1 aromatic heterocycles. The van der Waals surface area contributed by atoms with Crippen molar-refractivity contribution >= 4 is 23.1 Å². The molecule has 0 radical (unpaired) electrons. The Bertz CT molecular complexity index is 465. The quantitative estimate of drug-likeness (QED) is 0.755. The van der Waals surface area contributed by atoms with Gasteiger partial charge in [0.15, 0.2) is 18.1 Å². The number of esters is 1. The maximum absolute atomic E-state index is 11.9. The van der Waals surface area contributed by atoms with Gasteiger partial charge < -0.3 is 9.47 Å². The summed E-state index contributed by atoms with van der Waals surface area (Å²) in [6.07, 6.45) is 5.23. The summed E-state index contributed by atoms with van der Waals surface area (Å²) in [5.41, 5.74) is 0.249. The Morgan fingerprint density at radius 2 is 2.10 bits per heavy atom. The first kappa shape index (κ1) is 15.1. The molecule has 0 spiro atoms. The number of methoxy groups -OCH3 is 1. The summed E-state index contributed by atoms with van der Waals surface area (Å²) in [5.74, 6) is -0.436. The number of nitrogens with zero attached hydrogens (tertiary/aromatic N) is 1. The van der Waals surface area contributed by atoms with Crippen LogP contribution in [0.3, 0.4) is 0 Å². The summed E-state index contributed by atoms with van der Waals surface area (Å²) < 4.78 is 9.99. The minimum Gasteiger partial charge on any atom is -0.453 e. The zero-order valence-corrected chi connectivity index (χ0v) is 12.4. The Kier molecular flexibility index (Phi) is 5.67. The number of ketones is 1. The molecule has 0 amide bonds. The standard InChI is InChI=1S/C14H19NO4S/c1-18-8-13-15-11(9-20-13)14(17)19-7-12(16)10-5-3-2-4-6-10/h9-10H,2-8H2,1H3. The van der Waals surface area contributed by atoms with E-state index in [-0.39, 0.29) is 24.0 Å². The van der Waals surface area contributed by atoms with Crippen LogP contribution < -0.4 is 0 Å². The lowest BCUT2D eigenvalue weighted by Gasteiger charge is -2.19. The van der Waals surface area contributed by atoms with Crippen molar-refractivity contribution in [2.75, 3.05) is 13.7 Å². The SMILES string of the molecule is COCc1nc(C(=O)OCC(=O)C2CCCCC2)cs1. The number of rotatable bonds is 6. The van der Waals surface area contributed by atoms with Gasteiger partial charge in [-0.3, -0.25) is 4.79 Å². The molecule has 6 heteroatoms. The van der Waals surface area contributed by atoms with Crippen LogP contribution in [0.4, 0.5) is 0 Å². The highest BCUT2D eigenvalue weighted by Crippen LogP contribution is 2.24. The van der Waals surface area contributed by atoms with E-state index in [1.807, 2.05) is 0 Å². The van der Waals surface area contributed by atoms with Crippen LogP contribution >= 0.6 is 11.3 Å². The van der Waals surface area contributed by atoms with E-state index < -0.39 is 5.97 Å². The van der Waals surface area contributed by atoms with Crippen molar-refractivity contribution in [3.05, 3.63) is 16.1 Å². The number of hydrogen-bond acceptors (Lipinski definition) is 6. The largest absolute Gasteiger partial charge is 0.453 e. The first-order valence-electron chi connectivity index (χ1n) is 6.84. The van der Waals surface area contributed by atoms with Crippen LogP contribution in [0.15, 0.2) is 5.38 Å². The molecule has 0 bridgehead atoms. The van der Waals surface area contributed by atoms with Gasteiger partial charge in [-0.25, -0.2) is 9.78 Å². The summed E-state index contributed by atoms with van der Waals surface area (Å²) in [6, 6.07) is 0. The van der Waals surface area contributed by atoms with Crippen molar-refractivity contribution in [1.29, 1.82) is 0 Å². The Balaban J connectivity index is 1.80. The van der Waals surface area contributed by atoms with E-state index in [0.29, 0.717) is 6.61 Å². The van der Waals surface area contributed by atoms with Gasteiger partial charge in [-0.15, -0.1) is 11.3 Å². The summed E-state index contributed by atoms with van der Waals surface area (Å²) in [4.78, 5) is 27.8. The van der Waals surface area contributed by atoms with Crippen molar-refractivity contribution in [2.45, 2.75) is 38.7 Å². The highest BCUT2D eigenvalue weighted by molar-refractivity contribution is 7.09. The van der Waals surface area contributed by atoms with E-state index in [4.69, 9.17) is 9.47 Å². The average Bonchev–Trinajstić information content (AvgIpc) is 2.94. The second-order valence-corrected chi connectivity index (χ2v) is 5.88. The van der Waals surface area contributed by atoms with Crippen molar-refractivity contribution in [2.24, 2.45) is 5.92 Å². The van der Waals surface area contributed by atoms with Crippen molar-refractivity contribution < 1.29 is 19.1 Å². The van der Waals surface area contributed by atoms with Gasteiger partial charge in [0.2, 0.25) is 0 Å². The second kappa shape index (κ2) is 7.50. The van der Waals surface area contributed by atoms with Crippen LogP contribution in [0, 0.1) is 5.92 Å². The fraction of sp³-hybridized carbons (Fsp3) is 0.643. The van der Waals surface area contributed by atoms with Crippen molar-refractivity contribution in [1.82, 2.24) is 4.98 Å². The van der Waals surface area contributed by atoms with E-state index in [1.54, 1.807) is 12.5 Å². The molecular weight excluding hydrogens is 278 g/mol. The van der Waals surface area contributed by atoms with Crippen LogP contribution in [0.1, 0.15) is 47.6 Å². The third-order valence-electron chi connectivity index (χ3n) is 3.43. The molecule has 1 aliphatic rings. The Labute approximate surface area is 122 Å². The molecule has 1 heterocycles. The van der Waals surface area contributed by atoms with Crippen molar-refractivity contribution in [3.8, 4) is 0 Å². The number of hydrogen-bond donors (Lipinski definition) is 0. The minimum atomic E-state index is -0.534. The van der Waals surface area contributed by atoms with E-state index in [2.05, 4.69) is 4.98 Å². The van der Waals surface area contributed by atoms with Crippen LogP contribution in [0.25, 0.3) is 0 Å². The number of Topliss-reactive ketones (excluding diaryl/α,β-unsaturated/α-hetero) is 1. The lowest BCUT2D eigenvalue weighted by molar-refractivity contribution is -0.126. The molecule has 5 nitrogen and oxygen atoms in total. The van der Waals surface area contributed by atoms with Gasteiger partial charge in [0.25, 0.3) is 0 Å². The topological polar surface area (TPSA) is 65.5 Å². The van der Waals surface area contributed by atoms with Gasteiger partial charge >= 0.3 is 5.97 Å². The Morgan fingerprint density at radius 3 is 2.80 bits per heavy atom. The summed E-state index contributed by atoms with van der Waals surface area (Å²) in [6.45, 7) is 0.236. The Hall–Kier alpha value is -1.27. The van der Waals surface area contributed by atoms with Crippen LogP contribution in [-0.4, -0.2) is 30.5 Å². The van der Waals surface area contributed by atoms with Gasteiger partial charge in [-0.2, -0.15) is 0 Å².